The predicted octanol–water partition coefficient (Wildman–Crippen LogP) is 0.614. The minimum Gasteiger partial charge on any atom is -0.507 e. The molecule has 2 aromatic carbocycles. The van der Waals surface area contributed by atoms with Crippen LogP contribution < -0.4 is 4.74 Å². The molecule has 1 saturated heterocycles. The molecule has 1 heterocycles. The average Bonchev–Trinajstić information content (AvgIpc) is 2.82. The van der Waals surface area contributed by atoms with Gasteiger partial charge in [-0.05, 0) is 30.3 Å². The van der Waals surface area contributed by atoms with Crippen LogP contribution in [0.4, 0.5) is 0 Å². The van der Waals surface area contributed by atoms with Crippen molar-refractivity contribution in [1.29, 1.82) is 0 Å². The molecule has 0 bridgehead atoms. The highest BCUT2D eigenvalue weighted by molar-refractivity contribution is 5.92. The van der Waals surface area contributed by atoms with Crippen LogP contribution in [0, 0.1) is 5.92 Å². The quantitative estimate of drug-likeness (QED) is 0.250. The van der Waals surface area contributed by atoms with Crippen LogP contribution in [0.15, 0.2) is 30.3 Å². The number of carbonyl (C=O) groups is 2. The van der Waals surface area contributed by atoms with Crippen molar-refractivity contribution < 1.29 is 59.2 Å². The summed E-state index contributed by atoms with van der Waals surface area (Å²) in [6, 6.07) is 5.45. The van der Waals surface area contributed by atoms with Gasteiger partial charge >= 0.3 is 11.9 Å². The number of hydrogen-bond donors (Lipinski definition) is 6. The summed E-state index contributed by atoms with van der Waals surface area (Å²) in [6.07, 6.45) is -5.19. The molecule has 0 aliphatic carbocycles. The molecule has 1 fully saturated rings. The molecule has 6 N–H and O–H groups in total. The Morgan fingerprint density at radius 3 is 2.21 bits per heavy atom. The molecule has 0 amide bonds. The van der Waals surface area contributed by atoms with Crippen LogP contribution in [0.1, 0.15) is 27.6 Å². The Hall–Kier alpha value is -3.74. The van der Waals surface area contributed by atoms with E-state index in [9.17, 15) is 40.2 Å². The smallest absolute Gasteiger partial charge is 0.341 e. The lowest BCUT2D eigenvalue weighted by Crippen LogP contribution is -2.56. The van der Waals surface area contributed by atoms with Gasteiger partial charge < -0.3 is 49.6 Å². The van der Waals surface area contributed by atoms with Crippen molar-refractivity contribution in [2.24, 2.45) is 5.92 Å². The van der Waals surface area contributed by atoms with Gasteiger partial charge in [-0.25, -0.2) is 9.59 Å². The van der Waals surface area contributed by atoms with Gasteiger partial charge in [0.1, 0.15) is 35.9 Å². The van der Waals surface area contributed by atoms with Crippen LogP contribution in [0.2, 0.25) is 0 Å². The summed E-state index contributed by atoms with van der Waals surface area (Å²) in [7, 11) is 1.13. The maximum Gasteiger partial charge on any atom is 0.341 e. The normalized spacial score (nSPS) is 24.3. The minimum atomic E-state index is -1.50. The lowest BCUT2D eigenvalue weighted by atomic mass is 9.91. The lowest BCUT2D eigenvalue weighted by molar-refractivity contribution is -0.260. The van der Waals surface area contributed by atoms with Crippen LogP contribution in [0.25, 0.3) is 0 Å². The Labute approximate surface area is 193 Å². The van der Waals surface area contributed by atoms with Gasteiger partial charge in [0.2, 0.25) is 6.29 Å². The van der Waals surface area contributed by atoms with Crippen LogP contribution >= 0.6 is 0 Å². The first kappa shape index (κ1) is 24.9. The first-order valence-corrected chi connectivity index (χ1v) is 10.0. The van der Waals surface area contributed by atoms with Gasteiger partial charge in [-0.3, -0.25) is 0 Å². The molecule has 5 atom stereocenters. The van der Waals surface area contributed by atoms with E-state index in [1.165, 1.54) is 18.2 Å². The molecule has 0 saturated carbocycles. The summed E-state index contributed by atoms with van der Waals surface area (Å²) < 4.78 is 20.9. The molecule has 5 unspecified atom stereocenters. The number of esters is 2. The van der Waals surface area contributed by atoms with E-state index in [-0.39, 0.29) is 22.6 Å². The fourth-order valence-corrected chi connectivity index (χ4v) is 3.32. The Morgan fingerprint density at radius 1 is 0.941 bits per heavy atom. The van der Waals surface area contributed by atoms with E-state index < -0.39 is 66.3 Å². The van der Waals surface area contributed by atoms with E-state index in [2.05, 4.69) is 4.74 Å². The van der Waals surface area contributed by atoms with Gasteiger partial charge in [0.15, 0.2) is 17.2 Å². The largest absolute Gasteiger partial charge is 0.507 e. The third-order valence-electron chi connectivity index (χ3n) is 5.37. The number of aromatic hydroxyl groups is 4. The average molecular weight is 480 g/mol. The Morgan fingerprint density at radius 2 is 1.59 bits per heavy atom. The number of ether oxygens (including phenoxy) is 4. The minimum absolute atomic E-state index is 0.0230. The van der Waals surface area contributed by atoms with Crippen molar-refractivity contribution in [3.05, 3.63) is 41.5 Å². The zero-order valence-electron chi connectivity index (χ0n) is 18.1. The number of aliphatic hydroxyl groups is 2. The number of benzene rings is 2. The number of hydrogen-bond acceptors (Lipinski definition) is 12. The van der Waals surface area contributed by atoms with E-state index >= 15 is 0 Å². The number of carbonyl (C=O) groups excluding carboxylic acids is 2. The highest BCUT2D eigenvalue weighted by atomic mass is 16.7. The Kier molecular flexibility index (Phi) is 7.35. The molecule has 184 valence electrons. The van der Waals surface area contributed by atoms with Gasteiger partial charge in [0, 0.05) is 5.92 Å². The number of methoxy groups -OCH3 is 1. The second kappa shape index (κ2) is 10.0. The summed E-state index contributed by atoms with van der Waals surface area (Å²) in [5, 5.41) is 59.1. The van der Waals surface area contributed by atoms with Crippen molar-refractivity contribution in [2.75, 3.05) is 13.7 Å². The van der Waals surface area contributed by atoms with Crippen LogP contribution in [-0.4, -0.2) is 80.9 Å². The lowest BCUT2D eigenvalue weighted by Gasteiger charge is -2.40. The molecule has 0 spiro atoms. The van der Waals surface area contributed by atoms with Crippen molar-refractivity contribution in [1.82, 2.24) is 0 Å². The molecule has 12 nitrogen and oxygen atoms in total. The highest BCUT2D eigenvalue weighted by Crippen LogP contribution is 2.36. The molecular formula is C22H24O12. The van der Waals surface area contributed by atoms with Crippen molar-refractivity contribution in [3.63, 3.8) is 0 Å². The second-order valence-corrected chi connectivity index (χ2v) is 7.63. The van der Waals surface area contributed by atoms with E-state index in [1.807, 2.05) is 0 Å². The molecule has 1 aliphatic rings. The maximum absolute atomic E-state index is 12.3. The van der Waals surface area contributed by atoms with E-state index in [1.54, 1.807) is 6.92 Å². The molecule has 0 radical (unpaired) electrons. The van der Waals surface area contributed by atoms with E-state index in [4.69, 9.17) is 14.2 Å². The monoisotopic (exact) mass is 480 g/mol. The van der Waals surface area contributed by atoms with E-state index in [0.29, 0.717) is 0 Å². The third kappa shape index (κ3) is 5.09. The molecule has 2 aromatic rings. The molecule has 1 aliphatic heterocycles. The first-order chi connectivity index (χ1) is 16.0. The summed E-state index contributed by atoms with van der Waals surface area (Å²) in [4.78, 5) is 24.1. The van der Waals surface area contributed by atoms with Gasteiger partial charge in [0.05, 0.1) is 18.8 Å². The third-order valence-corrected chi connectivity index (χ3v) is 5.37. The van der Waals surface area contributed by atoms with Crippen LogP contribution in [0.5, 0.6) is 28.7 Å². The number of phenols is 4. The number of aliphatic hydroxyl groups excluding tert-OH is 2. The molecule has 34 heavy (non-hydrogen) atoms. The van der Waals surface area contributed by atoms with Gasteiger partial charge in [-0.15, -0.1) is 0 Å². The summed E-state index contributed by atoms with van der Waals surface area (Å²) >= 11 is 0. The molecular weight excluding hydrogens is 456 g/mol. The van der Waals surface area contributed by atoms with Gasteiger partial charge in [-0.2, -0.15) is 0 Å². The second-order valence-electron chi connectivity index (χ2n) is 7.63. The summed E-state index contributed by atoms with van der Waals surface area (Å²) in [5.41, 5.74) is -0.436. The van der Waals surface area contributed by atoms with Gasteiger partial charge in [-0.1, -0.05) is 6.92 Å². The Balaban J connectivity index is 1.71. The fraction of sp³-hybridized carbons (Fsp3) is 0.364. The van der Waals surface area contributed by atoms with Crippen molar-refractivity contribution >= 4 is 11.9 Å². The van der Waals surface area contributed by atoms with Gasteiger partial charge in [0.25, 0.3) is 0 Å². The standard InChI is InChI=1S/C22H24O12/c1-9-16(8-32-20(29)10-5-14(24)18(27)15(25)6-10)34-22(19(28)17(9)26)33-11-3-4-13(23)12(7-11)21(30)31-2/h3-7,9,16-17,19,22-28H,8H2,1-2H3. The molecule has 12 heteroatoms. The number of rotatable bonds is 6. The van der Waals surface area contributed by atoms with Crippen LogP contribution in [-0.2, 0) is 14.2 Å². The summed E-state index contributed by atoms with van der Waals surface area (Å²) in [5.74, 6) is -5.04. The van der Waals surface area contributed by atoms with Crippen molar-refractivity contribution in [2.45, 2.75) is 31.5 Å². The number of phenolic OH excluding ortho intramolecular Hbond substituents is 4. The first-order valence-electron chi connectivity index (χ1n) is 10.0. The Bertz CT molecular complexity index is 1040. The SMILES string of the molecule is COC(=O)c1cc(OC2OC(COC(=O)c3cc(O)c(O)c(O)c3)C(C)C(O)C2O)ccc1O. The topological polar surface area (TPSA) is 192 Å². The van der Waals surface area contributed by atoms with Crippen LogP contribution in [0.3, 0.4) is 0 Å². The van der Waals surface area contributed by atoms with E-state index in [0.717, 1.165) is 19.2 Å². The maximum atomic E-state index is 12.3. The zero-order chi connectivity index (χ0) is 25.2. The summed E-state index contributed by atoms with van der Waals surface area (Å²) in [6.45, 7) is 1.16. The predicted molar refractivity (Wildman–Crippen MR) is 112 cm³/mol. The van der Waals surface area contributed by atoms with Crippen molar-refractivity contribution in [3.8, 4) is 28.7 Å². The zero-order valence-corrected chi connectivity index (χ0v) is 18.1. The fourth-order valence-electron chi connectivity index (χ4n) is 3.32. The molecule has 0 aromatic heterocycles. The highest BCUT2D eigenvalue weighted by Gasteiger charge is 2.44. The molecule has 3 rings (SSSR count).